The maximum Gasteiger partial charge on any atom is 0.212 e. The zero-order chi connectivity index (χ0) is 28.1. The van der Waals surface area contributed by atoms with E-state index >= 15 is 0 Å². The van der Waals surface area contributed by atoms with E-state index in [2.05, 4.69) is 51.5 Å². The molecular weight excluding hydrogens is 519 g/mol. The molecule has 1 aromatic carbocycles. The molecule has 1 unspecified atom stereocenters. The summed E-state index contributed by atoms with van der Waals surface area (Å²) >= 11 is 6.75. The highest BCUT2D eigenvalue weighted by molar-refractivity contribution is 6.35. The molecule has 1 aliphatic carbocycles. The zero-order valence-electron chi connectivity index (χ0n) is 22.7. The van der Waals surface area contributed by atoms with Gasteiger partial charge in [0.15, 0.2) is 0 Å². The van der Waals surface area contributed by atoms with Crippen molar-refractivity contribution >= 4 is 33.9 Å². The van der Waals surface area contributed by atoms with Crippen molar-refractivity contribution in [1.82, 2.24) is 25.9 Å². The normalized spacial score (nSPS) is 22.3. The van der Waals surface area contributed by atoms with Crippen molar-refractivity contribution in [2.45, 2.75) is 51.2 Å². The van der Waals surface area contributed by atoms with Gasteiger partial charge in [-0.3, -0.25) is 9.99 Å². The highest BCUT2D eigenvalue weighted by Crippen LogP contribution is 2.38. The number of halogens is 2. The lowest BCUT2D eigenvalue weighted by molar-refractivity contribution is 0.00350. The highest BCUT2D eigenvalue weighted by Gasteiger charge is 2.35. The number of aromatic nitrogens is 2. The second-order valence-corrected chi connectivity index (χ2v) is 11.2. The van der Waals surface area contributed by atoms with Crippen molar-refractivity contribution in [3.8, 4) is 6.07 Å². The van der Waals surface area contributed by atoms with Crippen molar-refractivity contribution in [2.75, 3.05) is 23.8 Å². The van der Waals surface area contributed by atoms with E-state index in [1.54, 1.807) is 6.07 Å². The molecule has 1 saturated heterocycles. The first-order valence-electron chi connectivity index (χ1n) is 13.5. The average molecular weight is 550 g/mol. The Morgan fingerprint density at radius 3 is 2.85 bits per heavy atom. The molecule has 6 rings (SSSR count). The maximum atomic E-state index is 13.7. The van der Waals surface area contributed by atoms with Crippen LogP contribution in [0.2, 0.25) is 5.02 Å². The first kappa shape index (κ1) is 24.4. The van der Waals surface area contributed by atoms with E-state index < -0.39 is 12.0 Å². The van der Waals surface area contributed by atoms with Gasteiger partial charge in [0.25, 0.3) is 0 Å². The lowest BCUT2D eigenvalue weighted by Gasteiger charge is -2.39. The molecule has 4 heterocycles. The number of nitrogens with zero attached hydrogens (tertiary/aromatic N) is 4. The topological polar surface area (TPSA) is 110 Å². The monoisotopic (exact) mass is 549 g/mol. The van der Waals surface area contributed by atoms with Gasteiger partial charge in [-0.25, -0.2) is 4.98 Å². The summed E-state index contributed by atoms with van der Waals surface area (Å²) in [4.78, 5) is 8.27. The van der Waals surface area contributed by atoms with Crippen LogP contribution in [0.5, 0.6) is 0 Å². The van der Waals surface area contributed by atoms with Crippen LogP contribution in [0.1, 0.15) is 51.6 Å². The number of hydrazine groups is 2. The lowest BCUT2D eigenvalue weighted by atomic mass is 9.81. The van der Waals surface area contributed by atoms with Crippen LogP contribution < -0.4 is 21.6 Å². The van der Waals surface area contributed by atoms with Gasteiger partial charge in [0.2, 0.25) is 5.95 Å². The molecule has 2 aliphatic heterocycles. The molecule has 3 aliphatic rings. The first-order chi connectivity index (χ1) is 19.2. The number of hydrogen-bond donors (Lipinski definition) is 4. The molecule has 4 N–H and O–H groups in total. The molecule has 202 valence electrons. The third kappa shape index (κ3) is 5.17. The van der Waals surface area contributed by atoms with Crippen LogP contribution in [0.4, 0.5) is 15.8 Å². The Balaban J connectivity index is 1.43. The fourth-order valence-electron chi connectivity index (χ4n) is 5.01. The second kappa shape index (κ2) is 10.2. The van der Waals surface area contributed by atoms with Gasteiger partial charge in [-0.1, -0.05) is 31.5 Å². The molecular formula is C28H30ClFN8O. The van der Waals surface area contributed by atoms with Gasteiger partial charge < -0.3 is 20.8 Å². The third-order valence-electron chi connectivity index (χ3n) is 7.41. The number of fused-ring (bicyclic) bond motifs is 1. The molecule has 9 nitrogen and oxygen atoms in total. The first-order valence-corrected chi connectivity index (χ1v) is 13.3. The van der Waals surface area contributed by atoms with Gasteiger partial charge in [-0.2, -0.15) is 9.65 Å². The largest absolute Gasteiger partial charge is 0.381 e. The molecule has 1 saturated carbocycles. The SMILES string of the molecule is [2H][C@](Nc1cc(Cl)c2ncc(C#N)c(NC3CCOCC3(C)C)c2c1)(C1=CN(C2CC2)NN1)c1ccc(F)nc1. The Kier molecular flexibility index (Phi) is 6.35. The zero-order valence-corrected chi connectivity index (χ0v) is 22.4. The van der Waals surface area contributed by atoms with E-state index in [0.29, 0.717) is 63.4 Å². The molecule has 0 radical (unpaired) electrons. The van der Waals surface area contributed by atoms with Crippen molar-refractivity contribution < 1.29 is 10.5 Å². The van der Waals surface area contributed by atoms with Gasteiger partial charge in [-0.15, -0.1) is 5.53 Å². The number of rotatable bonds is 7. The van der Waals surface area contributed by atoms with Crippen molar-refractivity contribution in [1.29, 1.82) is 5.26 Å². The lowest BCUT2D eigenvalue weighted by Crippen LogP contribution is -2.44. The number of nitriles is 1. The van der Waals surface area contributed by atoms with E-state index in [1.165, 1.54) is 24.5 Å². The Labute approximate surface area is 232 Å². The minimum absolute atomic E-state index is 0.0576. The van der Waals surface area contributed by atoms with Gasteiger partial charge in [0, 0.05) is 53.8 Å². The quantitative estimate of drug-likeness (QED) is 0.302. The molecule has 11 heteroatoms. The molecule has 3 aromatic rings. The summed E-state index contributed by atoms with van der Waals surface area (Å²) in [6, 6.07) is 7.39. The van der Waals surface area contributed by atoms with Gasteiger partial charge in [-0.05, 0) is 43.0 Å². The number of pyridine rings is 2. The standard InChI is InChI=1S/C28H30ClFN8O/c1-28(2)15-39-8-7-23(28)35-25-17(11-31)13-33-27-20(25)9-18(10-21(27)29)34-26(16-3-6-24(30)32-12-16)22-14-38(37-36-22)19-4-5-19/h3,6,9-10,12-14,19,23,26,34,36-37H,4-5,7-8,15H2,1-2H3,(H,33,35)/t23?,26-/m1/s1/i26D. The summed E-state index contributed by atoms with van der Waals surface area (Å²) in [5.74, 6) is -0.632. The number of nitrogens with one attached hydrogen (secondary N) is 4. The molecule has 0 spiro atoms. The van der Waals surface area contributed by atoms with Crippen molar-refractivity contribution in [3.05, 3.63) is 70.7 Å². The van der Waals surface area contributed by atoms with Crippen molar-refractivity contribution in [2.24, 2.45) is 5.41 Å². The van der Waals surface area contributed by atoms with Crippen LogP contribution in [0.15, 0.2) is 48.6 Å². The fourth-order valence-corrected chi connectivity index (χ4v) is 5.28. The number of anilines is 2. The minimum atomic E-state index is -1.58. The molecule has 0 amide bonds. The van der Waals surface area contributed by atoms with Crippen LogP contribution >= 0.6 is 11.6 Å². The van der Waals surface area contributed by atoms with Gasteiger partial charge >= 0.3 is 0 Å². The average Bonchev–Trinajstić information content (AvgIpc) is 3.65. The third-order valence-corrected chi connectivity index (χ3v) is 7.70. The molecule has 39 heavy (non-hydrogen) atoms. The van der Waals surface area contributed by atoms with E-state index in [4.69, 9.17) is 16.3 Å². The van der Waals surface area contributed by atoms with E-state index in [1.807, 2.05) is 17.3 Å². The van der Waals surface area contributed by atoms with Crippen LogP contribution in [0.25, 0.3) is 10.9 Å². The Morgan fingerprint density at radius 2 is 2.13 bits per heavy atom. The second-order valence-electron chi connectivity index (χ2n) is 10.8. The summed E-state index contributed by atoms with van der Waals surface area (Å²) in [6.45, 7) is 5.49. The maximum absolute atomic E-state index is 13.7. The minimum Gasteiger partial charge on any atom is -0.381 e. The number of ether oxygens (including phenoxy) is 1. The Bertz CT molecular complexity index is 1520. The van der Waals surface area contributed by atoms with E-state index in [-0.39, 0.29) is 11.5 Å². The van der Waals surface area contributed by atoms with Gasteiger partial charge in [0.1, 0.15) is 6.07 Å². The smallest absolute Gasteiger partial charge is 0.212 e. The van der Waals surface area contributed by atoms with Gasteiger partial charge in [0.05, 0.1) is 41.5 Å². The van der Waals surface area contributed by atoms with E-state index in [9.17, 15) is 11.0 Å². The van der Waals surface area contributed by atoms with Crippen LogP contribution in [0.3, 0.4) is 0 Å². The summed E-state index contributed by atoms with van der Waals surface area (Å²) < 4.78 is 29.0. The number of hydrogen-bond acceptors (Lipinski definition) is 9. The molecule has 0 bridgehead atoms. The fraction of sp³-hybridized carbons (Fsp3) is 0.393. The van der Waals surface area contributed by atoms with Crippen LogP contribution in [-0.2, 0) is 4.74 Å². The Hall–Kier alpha value is -3.65. The van der Waals surface area contributed by atoms with Crippen LogP contribution in [-0.4, -0.2) is 40.3 Å². The number of benzene rings is 1. The Morgan fingerprint density at radius 1 is 1.28 bits per heavy atom. The predicted molar refractivity (Wildman–Crippen MR) is 148 cm³/mol. The van der Waals surface area contributed by atoms with Crippen molar-refractivity contribution in [3.63, 3.8) is 0 Å². The summed E-state index contributed by atoms with van der Waals surface area (Å²) in [6.07, 6.45) is 7.62. The molecule has 2 fully saturated rings. The summed E-state index contributed by atoms with van der Waals surface area (Å²) in [5.41, 5.74) is 9.07. The van der Waals surface area contributed by atoms with E-state index in [0.717, 1.165) is 19.3 Å². The predicted octanol–water partition coefficient (Wildman–Crippen LogP) is 5.00. The summed E-state index contributed by atoms with van der Waals surface area (Å²) in [7, 11) is 0. The highest BCUT2D eigenvalue weighted by atomic mass is 35.5. The molecule has 2 aromatic heterocycles. The summed E-state index contributed by atoms with van der Waals surface area (Å²) in [5, 5.41) is 19.8. The molecule has 2 atom stereocenters. The van der Waals surface area contributed by atoms with Crippen LogP contribution in [0, 0.1) is 22.7 Å².